The molecule has 3 heteroatoms. The second-order valence-electron chi connectivity index (χ2n) is 5.59. The lowest BCUT2D eigenvalue weighted by atomic mass is 9.92. The first-order valence-electron chi connectivity index (χ1n) is 7.11. The van der Waals surface area contributed by atoms with E-state index in [1.54, 1.807) is 6.07 Å². The van der Waals surface area contributed by atoms with Crippen molar-refractivity contribution in [3.05, 3.63) is 69.8 Å². The highest BCUT2D eigenvalue weighted by molar-refractivity contribution is 5.39. The molecule has 2 aromatic carbocycles. The summed E-state index contributed by atoms with van der Waals surface area (Å²) in [5, 5.41) is 3.27. The van der Waals surface area contributed by atoms with Gasteiger partial charge in [-0.2, -0.15) is 0 Å². The molecule has 0 aromatic heterocycles. The van der Waals surface area contributed by atoms with Crippen LogP contribution in [-0.2, 0) is 6.42 Å². The minimum absolute atomic E-state index is 0.0779. The molecule has 21 heavy (non-hydrogen) atoms. The maximum Gasteiger partial charge on any atom is 0.159 e. The molecule has 0 amide bonds. The highest BCUT2D eigenvalue weighted by Crippen LogP contribution is 2.25. The molecule has 0 spiro atoms. The Balaban J connectivity index is 2.31. The molecule has 1 N–H and O–H groups in total. The fourth-order valence-electron chi connectivity index (χ4n) is 2.63. The van der Waals surface area contributed by atoms with Crippen LogP contribution in [0, 0.1) is 32.4 Å². The normalized spacial score (nSPS) is 12.5. The quantitative estimate of drug-likeness (QED) is 0.880. The van der Waals surface area contributed by atoms with Crippen molar-refractivity contribution in [1.29, 1.82) is 0 Å². The minimum atomic E-state index is -0.804. The van der Waals surface area contributed by atoms with Gasteiger partial charge in [-0.1, -0.05) is 18.2 Å². The van der Waals surface area contributed by atoms with Crippen molar-refractivity contribution in [2.75, 3.05) is 7.05 Å². The van der Waals surface area contributed by atoms with Gasteiger partial charge in [0.1, 0.15) is 0 Å². The monoisotopic (exact) mass is 289 g/mol. The van der Waals surface area contributed by atoms with Gasteiger partial charge in [0.05, 0.1) is 0 Å². The first-order valence-corrected chi connectivity index (χ1v) is 7.11. The van der Waals surface area contributed by atoms with Gasteiger partial charge >= 0.3 is 0 Å². The van der Waals surface area contributed by atoms with Gasteiger partial charge in [-0.05, 0) is 74.2 Å². The predicted molar refractivity (Wildman–Crippen MR) is 82.5 cm³/mol. The van der Waals surface area contributed by atoms with E-state index in [4.69, 9.17) is 0 Å². The van der Waals surface area contributed by atoms with E-state index in [-0.39, 0.29) is 6.04 Å². The van der Waals surface area contributed by atoms with Crippen molar-refractivity contribution in [2.24, 2.45) is 0 Å². The summed E-state index contributed by atoms with van der Waals surface area (Å²) in [6.45, 7) is 6.26. The zero-order chi connectivity index (χ0) is 15.6. The molecule has 0 aliphatic heterocycles. The lowest BCUT2D eigenvalue weighted by molar-refractivity contribution is 0.504. The van der Waals surface area contributed by atoms with Crippen molar-refractivity contribution in [3.8, 4) is 0 Å². The zero-order valence-electron chi connectivity index (χ0n) is 12.9. The molecule has 0 aliphatic carbocycles. The van der Waals surface area contributed by atoms with Crippen LogP contribution in [-0.4, -0.2) is 7.05 Å². The number of aryl methyl sites for hydroxylation is 3. The van der Waals surface area contributed by atoms with Crippen LogP contribution in [0.4, 0.5) is 8.78 Å². The summed E-state index contributed by atoms with van der Waals surface area (Å²) in [7, 11) is 1.89. The van der Waals surface area contributed by atoms with Crippen LogP contribution in [0.2, 0.25) is 0 Å². The first-order chi connectivity index (χ1) is 9.92. The van der Waals surface area contributed by atoms with Gasteiger partial charge in [0.2, 0.25) is 0 Å². The molecule has 2 aromatic rings. The number of hydrogen-bond donors (Lipinski definition) is 1. The highest BCUT2D eigenvalue weighted by atomic mass is 19.2. The Bertz CT molecular complexity index is 650. The van der Waals surface area contributed by atoms with E-state index in [0.717, 1.165) is 5.56 Å². The lowest BCUT2D eigenvalue weighted by Gasteiger charge is -2.20. The molecule has 1 unspecified atom stereocenters. The number of likely N-dealkylation sites (N-methyl/N-ethyl adjacent to an activating group) is 1. The molecule has 2 rings (SSSR count). The van der Waals surface area contributed by atoms with Gasteiger partial charge in [-0.3, -0.25) is 0 Å². The molecule has 0 saturated carbocycles. The molecule has 0 saturated heterocycles. The maximum absolute atomic E-state index is 13.3. The molecule has 0 radical (unpaired) electrons. The molecule has 112 valence electrons. The maximum atomic E-state index is 13.3. The summed E-state index contributed by atoms with van der Waals surface area (Å²) in [4.78, 5) is 0. The SMILES string of the molecule is CNC(Cc1ccc(F)c(F)c1)c1cc(C)c(C)cc1C. The highest BCUT2D eigenvalue weighted by Gasteiger charge is 2.15. The van der Waals surface area contributed by atoms with Gasteiger partial charge in [0.15, 0.2) is 11.6 Å². The Morgan fingerprint density at radius 3 is 2.19 bits per heavy atom. The minimum Gasteiger partial charge on any atom is -0.313 e. The van der Waals surface area contributed by atoms with E-state index in [9.17, 15) is 8.78 Å². The average Bonchev–Trinajstić information content (AvgIpc) is 2.44. The van der Waals surface area contributed by atoms with E-state index in [1.165, 1.54) is 34.4 Å². The molecule has 0 fully saturated rings. The van der Waals surface area contributed by atoms with Crippen LogP contribution in [0.1, 0.15) is 33.9 Å². The average molecular weight is 289 g/mol. The van der Waals surface area contributed by atoms with Gasteiger partial charge in [0, 0.05) is 6.04 Å². The number of nitrogens with one attached hydrogen (secondary N) is 1. The molecule has 1 atom stereocenters. The molecule has 0 bridgehead atoms. The van der Waals surface area contributed by atoms with E-state index in [1.807, 2.05) is 7.05 Å². The van der Waals surface area contributed by atoms with E-state index in [2.05, 4.69) is 38.2 Å². The van der Waals surface area contributed by atoms with Crippen molar-refractivity contribution in [3.63, 3.8) is 0 Å². The Kier molecular flexibility index (Phi) is 4.73. The summed E-state index contributed by atoms with van der Waals surface area (Å²) < 4.78 is 26.3. The third kappa shape index (κ3) is 3.48. The molecular formula is C18H21F2N. The smallest absolute Gasteiger partial charge is 0.159 e. The van der Waals surface area contributed by atoms with Crippen LogP contribution in [0.5, 0.6) is 0 Å². The molecule has 0 heterocycles. The Hall–Kier alpha value is -1.74. The Morgan fingerprint density at radius 1 is 0.905 bits per heavy atom. The van der Waals surface area contributed by atoms with Gasteiger partial charge in [-0.15, -0.1) is 0 Å². The van der Waals surface area contributed by atoms with Gasteiger partial charge < -0.3 is 5.32 Å². The molecule has 0 aliphatic rings. The largest absolute Gasteiger partial charge is 0.313 e. The number of halogens is 2. The van der Waals surface area contributed by atoms with E-state index >= 15 is 0 Å². The van der Waals surface area contributed by atoms with Crippen LogP contribution in [0.25, 0.3) is 0 Å². The topological polar surface area (TPSA) is 12.0 Å². The summed E-state index contributed by atoms with van der Waals surface area (Å²) in [5.41, 5.74) is 5.69. The molecule has 1 nitrogen and oxygen atoms in total. The lowest BCUT2D eigenvalue weighted by Crippen LogP contribution is -2.20. The van der Waals surface area contributed by atoms with Crippen LogP contribution < -0.4 is 5.32 Å². The van der Waals surface area contributed by atoms with Crippen LogP contribution in [0.3, 0.4) is 0 Å². The van der Waals surface area contributed by atoms with Crippen molar-refractivity contribution < 1.29 is 8.78 Å². The summed E-state index contributed by atoms with van der Waals surface area (Å²) in [6, 6.07) is 8.51. The fourth-order valence-corrected chi connectivity index (χ4v) is 2.63. The third-order valence-electron chi connectivity index (χ3n) is 4.03. The van der Waals surface area contributed by atoms with Gasteiger partial charge in [0.25, 0.3) is 0 Å². The standard InChI is InChI=1S/C18H21F2N/c1-11-7-13(3)15(8-12(11)2)18(21-4)10-14-5-6-16(19)17(20)9-14/h5-9,18,21H,10H2,1-4H3. The van der Waals surface area contributed by atoms with Crippen molar-refractivity contribution >= 4 is 0 Å². The third-order valence-corrected chi connectivity index (χ3v) is 4.03. The number of rotatable bonds is 4. The Morgan fingerprint density at radius 2 is 1.57 bits per heavy atom. The predicted octanol–water partition coefficient (Wildman–Crippen LogP) is 4.39. The van der Waals surface area contributed by atoms with Crippen LogP contribution >= 0.6 is 0 Å². The summed E-state index contributed by atoms with van der Waals surface area (Å²) in [6.07, 6.45) is 0.622. The van der Waals surface area contributed by atoms with E-state index in [0.29, 0.717) is 6.42 Å². The summed E-state index contributed by atoms with van der Waals surface area (Å²) in [5.74, 6) is -1.60. The number of hydrogen-bond acceptors (Lipinski definition) is 1. The zero-order valence-corrected chi connectivity index (χ0v) is 12.9. The molecular weight excluding hydrogens is 268 g/mol. The first kappa shape index (κ1) is 15.6. The fraction of sp³-hybridized carbons (Fsp3) is 0.333. The Labute approximate surface area is 125 Å². The van der Waals surface area contributed by atoms with Crippen molar-refractivity contribution in [2.45, 2.75) is 33.2 Å². The number of benzene rings is 2. The van der Waals surface area contributed by atoms with E-state index < -0.39 is 11.6 Å². The van der Waals surface area contributed by atoms with Gasteiger partial charge in [-0.25, -0.2) is 8.78 Å². The second kappa shape index (κ2) is 6.35. The summed E-state index contributed by atoms with van der Waals surface area (Å²) >= 11 is 0. The van der Waals surface area contributed by atoms with Crippen molar-refractivity contribution in [1.82, 2.24) is 5.32 Å². The second-order valence-corrected chi connectivity index (χ2v) is 5.59. The van der Waals surface area contributed by atoms with Crippen LogP contribution in [0.15, 0.2) is 30.3 Å².